The van der Waals surface area contributed by atoms with Crippen LogP contribution >= 0.6 is 0 Å². The lowest BCUT2D eigenvalue weighted by molar-refractivity contribution is 0.0995. The molecular weight excluding hydrogens is 240 g/mol. The number of nitrogens with two attached hydrogens (primary N) is 2. The number of nitrogen functional groups attached to an aromatic ring is 1. The number of aromatic nitrogens is 1. The second-order valence-electron chi connectivity index (χ2n) is 4.37. The molecule has 0 aliphatic carbocycles. The molecule has 2 rings (SSSR count). The third-order valence-electron chi connectivity index (χ3n) is 2.90. The zero-order chi connectivity index (χ0) is 14.0. The Morgan fingerprint density at radius 3 is 2.37 bits per heavy atom. The lowest BCUT2D eigenvalue weighted by atomic mass is 10.2. The van der Waals surface area contributed by atoms with Gasteiger partial charge in [0, 0.05) is 12.7 Å². The summed E-state index contributed by atoms with van der Waals surface area (Å²) in [6.07, 6.45) is 0. The van der Waals surface area contributed by atoms with Crippen LogP contribution in [0, 0.1) is 6.92 Å². The van der Waals surface area contributed by atoms with E-state index in [1.165, 1.54) is 11.6 Å². The zero-order valence-corrected chi connectivity index (χ0v) is 10.9. The van der Waals surface area contributed by atoms with Gasteiger partial charge in [0.2, 0.25) is 0 Å². The highest BCUT2D eigenvalue weighted by atomic mass is 16.1. The van der Waals surface area contributed by atoms with Crippen molar-refractivity contribution in [2.45, 2.75) is 6.92 Å². The molecule has 1 amide bonds. The van der Waals surface area contributed by atoms with Crippen molar-refractivity contribution in [2.24, 2.45) is 5.73 Å². The predicted octanol–water partition coefficient (Wildman–Crippen LogP) is 1.84. The third-order valence-corrected chi connectivity index (χ3v) is 2.90. The van der Waals surface area contributed by atoms with Gasteiger partial charge < -0.3 is 16.4 Å². The first kappa shape index (κ1) is 12.9. The average Bonchev–Trinajstić information content (AvgIpc) is 2.39. The minimum absolute atomic E-state index is 0.197. The SMILES string of the molecule is Cc1ccc(N(C)c2nc(C(N)=O)ccc2N)cc1. The number of primary amides is 1. The minimum atomic E-state index is -0.571. The van der Waals surface area contributed by atoms with Gasteiger partial charge >= 0.3 is 0 Å². The van der Waals surface area contributed by atoms with Crippen molar-refractivity contribution in [1.82, 2.24) is 4.98 Å². The minimum Gasteiger partial charge on any atom is -0.396 e. The molecular formula is C14H16N4O. The summed E-state index contributed by atoms with van der Waals surface area (Å²) in [5.41, 5.74) is 13.9. The first-order valence-corrected chi connectivity index (χ1v) is 5.86. The lowest BCUT2D eigenvalue weighted by Gasteiger charge is -2.20. The van der Waals surface area contributed by atoms with Crippen molar-refractivity contribution in [3.8, 4) is 0 Å². The molecule has 5 nitrogen and oxygen atoms in total. The summed E-state index contributed by atoms with van der Waals surface area (Å²) in [5.74, 6) is -0.0568. The highest BCUT2D eigenvalue weighted by Crippen LogP contribution is 2.27. The van der Waals surface area contributed by atoms with Crippen molar-refractivity contribution in [3.63, 3.8) is 0 Å². The van der Waals surface area contributed by atoms with Gasteiger partial charge in [0.1, 0.15) is 5.69 Å². The van der Waals surface area contributed by atoms with Crippen LogP contribution in [0.25, 0.3) is 0 Å². The van der Waals surface area contributed by atoms with E-state index in [9.17, 15) is 4.79 Å². The number of aryl methyl sites for hydroxylation is 1. The second-order valence-corrected chi connectivity index (χ2v) is 4.37. The molecule has 0 spiro atoms. The summed E-state index contributed by atoms with van der Waals surface area (Å²) < 4.78 is 0. The Bertz CT molecular complexity index is 607. The number of hydrogen-bond acceptors (Lipinski definition) is 4. The summed E-state index contributed by atoms with van der Waals surface area (Å²) >= 11 is 0. The smallest absolute Gasteiger partial charge is 0.267 e. The molecule has 19 heavy (non-hydrogen) atoms. The monoisotopic (exact) mass is 256 g/mol. The molecule has 1 heterocycles. The Hall–Kier alpha value is -2.56. The molecule has 0 radical (unpaired) electrons. The van der Waals surface area contributed by atoms with Crippen LogP contribution in [0.5, 0.6) is 0 Å². The Balaban J connectivity index is 2.42. The molecule has 1 aromatic heterocycles. The van der Waals surface area contributed by atoms with Gasteiger partial charge in [-0.25, -0.2) is 4.98 Å². The highest BCUT2D eigenvalue weighted by Gasteiger charge is 2.12. The molecule has 0 fully saturated rings. The number of anilines is 3. The van der Waals surface area contributed by atoms with E-state index in [1.54, 1.807) is 6.07 Å². The van der Waals surface area contributed by atoms with Crippen LogP contribution in [0.3, 0.4) is 0 Å². The van der Waals surface area contributed by atoms with Crippen LogP contribution in [0.15, 0.2) is 36.4 Å². The van der Waals surface area contributed by atoms with Crippen molar-refractivity contribution >= 4 is 23.1 Å². The maximum absolute atomic E-state index is 11.2. The first-order chi connectivity index (χ1) is 8.99. The van der Waals surface area contributed by atoms with Crippen molar-refractivity contribution < 1.29 is 4.79 Å². The topological polar surface area (TPSA) is 85.2 Å². The van der Waals surface area contributed by atoms with Crippen LogP contribution < -0.4 is 16.4 Å². The van der Waals surface area contributed by atoms with E-state index in [1.807, 2.05) is 43.1 Å². The average molecular weight is 256 g/mol. The van der Waals surface area contributed by atoms with E-state index >= 15 is 0 Å². The summed E-state index contributed by atoms with van der Waals surface area (Å²) in [5, 5.41) is 0. The van der Waals surface area contributed by atoms with Crippen molar-refractivity contribution in [3.05, 3.63) is 47.7 Å². The number of amides is 1. The summed E-state index contributed by atoms with van der Waals surface area (Å²) in [4.78, 5) is 17.2. The Kier molecular flexibility index (Phi) is 3.37. The lowest BCUT2D eigenvalue weighted by Crippen LogP contribution is -2.18. The van der Waals surface area contributed by atoms with Crippen molar-refractivity contribution in [1.29, 1.82) is 0 Å². The maximum atomic E-state index is 11.2. The van der Waals surface area contributed by atoms with Crippen LogP contribution in [0.1, 0.15) is 16.1 Å². The number of pyridine rings is 1. The molecule has 0 bridgehead atoms. The van der Waals surface area contributed by atoms with Crippen LogP contribution in [-0.2, 0) is 0 Å². The fraction of sp³-hybridized carbons (Fsp3) is 0.143. The van der Waals surface area contributed by atoms with E-state index in [0.717, 1.165) is 5.69 Å². The Morgan fingerprint density at radius 1 is 1.16 bits per heavy atom. The number of nitrogens with zero attached hydrogens (tertiary/aromatic N) is 2. The number of rotatable bonds is 3. The molecule has 0 aliphatic rings. The standard InChI is InChI=1S/C14H16N4O/c1-9-3-5-10(6-4-9)18(2)14-11(15)7-8-12(17-14)13(16)19/h3-8H,15H2,1-2H3,(H2,16,19). The number of carbonyl (C=O) groups is 1. The van der Waals surface area contributed by atoms with Gasteiger partial charge in [-0.2, -0.15) is 0 Å². The highest BCUT2D eigenvalue weighted by molar-refractivity contribution is 5.92. The number of hydrogen-bond donors (Lipinski definition) is 2. The molecule has 2 aromatic rings. The fourth-order valence-electron chi connectivity index (χ4n) is 1.76. The Morgan fingerprint density at radius 2 is 1.79 bits per heavy atom. The van der Waals surface area contributed by atoms with E-state index in [4.69, 9.17) is 11.5 Å². The quantitative estimate of drug-likeness (QED) is 0.877. The second kappa shape index (κ2) is 4.97. The van der Waals surface area contributed by atoms with Gasteiger partial charge in [-0.1, -0.05) is 17.7 Å². The van der Waals surface area contributed by atoms with E-state index < -0.39 is 5.91 Å². The van der Waals surface area contributed by atoms with E-state index in [2.05, 4.69) is 4.98 Å². The molecule has 5 heteroatoms. The molecule has 0 atom stereocenters. The zero-order valence-electron chi connectivity index (χ0n) is 10.9. The third kappa shape index (κ3) is 2.65. The summed E-state index contributed by atoms with van der Waals surface area (Å²) in [7, 11) is 1.84. The Labute approximate surface area is 111 Å². The summed E-state index contributed by atoms with van der Waals surface area (Å²) in [6.45, 7) is 2.02. The summed E-state index contributed by atoms with van der Waals surface area (Å²) in [6, 6.07) is 11.1. The van der Waals surface area contributed by atoms with Crippen LogP contribution in [0.4, 0.5) is 17.2 Å². The number of benzene rings is 1. The van der Waals surface area contributed by atoms with E-state index in [0.29, 0.717) is 11.5 Å². The molecule has 0 aliphatic heterocycles. The largest absolute Gasteiger partial charge is 0.396 e. The maximum Gasteiger partial charge on any atom is 0.267 e. The number of carbonyl (C=O) groups excluding carboxylic acids is 1. The predicted molar refractivity (Wildman–Crippen MR) is 76.4 cm³/mol. The van der Waals surface area contributed by atoms with Gasteiger partial charge in [0.15, 0.2) is 5.82 Å². The first-order valence-electron chi connectivity index (χ1n) is 5.86. The van der Waals surface area contributed by atoms with Gasteiger partial charge in [-0.05, 0) is 31.2 Å². The normalized spacial score (nSPS) is 10.2. The molecule has 4 N–H and O–H groups in total. The van der Waals surface area contributed by atoms with Gasteiger partial charge in [-0.3, -0.25) is 4.79 Å². The molecule has 0 saturated heterocycles. The van der Waals surface area contributed by atoms with Gasteiger partial charge in [0.25, 0.3) is 5.91 Å². The van der Waals surface area contributed by atoms with Gasteiger partial charge in [0.05, 0.1) is 5.69 Å². The molecule has 98 valence electrons. The molecule has 0 saturated carbocycles. The van der Waals surface area contributed by atoms with Crippen LogP contribution in [-0.4, -0.2) is 17.9 Å². The van der Waals surface area contributed by atoms with E-state index in [-0.39, 0.29) is 5.69 Å². The fourth-order valence-corrected chi connectivity index (χ4v) is 1.76. The van der Waals surface area contributed by atoms with Crippen LogP contribution in [0.2, 0.25) is 0 Å². The molecule has 0 unspecified atom stereocenters. The van der Waals surface area contributed by atoms with Crippen molar-refractivity contribution in [2.75, 3.05) is 17.7 Å². The molecule has 1 aromatic carbocycles. The van der Waals surface area contributed by atoms with Gasteiger partial charge in [-0.15, -0.1) is 0 Å².